The summed E-state index contributed by atoms with van der Waals surface area (Å²) in [5.74, 6) is 0.319. The van der Waals surface area contributed by atoms with E-state index in [9.17, 15) is 9.59 Å². The maximum absolute atomic E-state index is 12.7. The number of halogens is 2. The van der Waals surface area contributed by atoms with E-state index in [4.69, 9.17) is 23.2 Å². The van der Waals surface area contributed by atoms with Crippen molar-refractivity contribution in [2.75, 3.05) is 19.0 Å². The summed E-state index contributed by atoms with van der Waals surface area (Å²) in [6.07, 6.45) is 0.455. The van der Waals surface area contributed by atoms with Crippen molar-refractivity contribution in [3.8, 4) is 0 Å². The van der Waals surface area contributed by atoms with Crippen molar-refractivity contribution in [1.29, 1.82) is 0 Å². The first-order valence-corrected chi connectivity index (χ1v) is 12.9. The molecule has 0 aliphatic carbocycles. The van der Waals surface area contributed by atoms with Crippen LogP contribution in [0.5, 0.6) is 0 Å². The molecule has 34 heavy (non-hydrogen) atoms. The number of carbonyl (C=O) groups excluding carboxylic acids is 2. The third-order valence-electron chi connectivity index (χ3n) is 4.73. The third kappa shape index (κ3) is 7.36. The van der Waals surface area contributed by atoms with Gasteiger partial charge in [-0.25, -0.2) is 0 Å². The number of hydrogen-bond donors (Lipinski definition) is 1. The minimum absolute atomic E-state index is 0.114. The van der Waals surface area contributed by atoms with Gasteiger partial charge in [-0.3, -0.25) is 9.59 Å². The first-order chi connectivity index (χ1) is 16.3. The highest BCUT2D eigenvalue weighted by Crippen LogP contribution is 2.39. The molecule has 0 saturated heterocycles. The molecule has 180 valence electrons. The normalized spacial score (nSPS) is 11.8. The van der Waals surface area contributed by atoms with E-state index in [1.807, 2.05) is 56.3 Å². The van der Waals surface area contributed by atoms with Crippen LogP contribution in [-0.4, -0.2) is 51.4 Å². The Morgan fingerprint density at radius 1 is 1.15 bits per heavy atom. The van der Waals surface area contributed by atoms with Gasteiger partial charge in [0.25, 0.3) is 5.24 Å². The van der Waals surface area contributed by atoms with Crippen LogP contribution in [0.1, 0.15) is 18.9 Å². The number of benzene rings is 2. The quantitative estimate of drug-likeness (QED) is 0.377. The number of anilines is 1. The van der Waals surface area contributed by atoms with Crippen molar-refractivity contribution >= 4 is 63.4 Å². The molecule has 0 spiro atoms. The van der Waals surface area contributed by atoms with Crippen LogP contribution in [0.4, 0.5) is 10.5 Å². The second kappa shape index (κ2) is 12.4. The molecule has 2 aromatic carbocycles. The van der Waals surface area contributed by atoms with E-state index in [1.54, 1.807) is 12.1 Å². The Bertz CT molecular complexity index is 1120. The number of nitrogens with zero attached hydrogens (tertiary/aromatic N) is 5. The van der Waals surface area contributed by atoms with E-state index in [0.717, 1.165) is 23.0 Å². The minimum Gasteiger partial charge on any atom is -0.378 e. The number of rotatable bonds is 10. The van der Waals surface area contributed by atoms with E-state index >= 15 is 0 Å². The molecule has 8 nitrogen and oxygen atoms in total. The fourth-order valence-corrected chi connectivity index (χ4v) is 5.03. The molecule has 1 unspecified atom stereocenters. The zero-order valence-corrected chi connectivity index (χ0v) is 22.0. The van der Waals surface area contributed by atoms with E-state index in [2.05, 4.69) is 20.7 Å². The molecular formula is C22H24Cl2N6O2S2. The lowest BCUT2D eigenvalue weighted by Gasteiger charge is -2.15. The summed E-state index contributed by atoms with van der Waals surface area (Å²) in [4.78, 5) is 28.7. The molecule has 0 fully saturated rings. The van der Waals surface area contributed by atoms with Gasteiger partial charge in [-0.05, 0) is 41.1 Å². The van der Waals surface area contributed by atoms with Gasteiger partial charge in [0, 0.05) is 25.5 Å². The summed E-state index contributed by atoms with van der Waals surface area (Å²) in [5.41, 5.74) is 1.91. The zero-order valence-electron chi connectivity index (χ0n) is 18.9. The van der Waals surface area contributed by atoms with Crippen LogP contribution in [0.25, 0.3) is 0 Å². The molecule has 0 saturated carbocycles. The van der Waals surface area contributed by atoms with Gasteiger partial charge >= 0.3 is 0 Å². The minimum atomic E-state index is -0.639. The Balaban J connectivity index is 1.57. The lowest BCUT2D eigenvalue weighted by Crippen LogP contribution is -2.40. The van der Waals surface area contributed by atoms with Gasteiger partial charge < -0.3 is 10.2 Å². The summed E-state index contributed by atoms with van der Waals surface area (Å²) in [5, 5.41) is 16.0. The predicted molar refractivity (Wildman–Crippen MR) is 138 cm³/mol. The molecular weight excluding hydrogens is 515 g/mol. The Hall–Kier alpha value is -2.27. The monoisotopic (exact) mass is 538 g/mol. The van der Waals surface area contributed by atoms with Gasteiger partial charge in [-0.2, -0.15) is 4.80 Å². The summed E-state index contributed by atoms with van der Waals surface area (Å²) in [6, 6.07) is 12.6. The van der Waals surface area contributed by atoms with Crippen LogP contribution < -0.4 is 10.2 Å². The molecule has 1 aromatic heterocycles. The van der Waals surface area contributed by atoms with Crippen molar-refractivity contribution in [2.45, 2.75) is 41.7 Å². The fraction of sp³-hybridized carbons (Fsp3) is 0.318. The maximum atomic E-state index is 12.7. The van der Waals surface area contributed by atoms with Crippen LogP contribution >= 0.6 is 46.7 Å². The van der Waals surface area contributed by atoms with Crippen molar-refractivity contribution in [3.63, 3.8) is 0 Å². The highest BCUT2D eigenvalue weighted by molar-refractivity contribution is 8.12. The van der Waals surface area contributed by atoms with Crippen LogP contribution in [-0.2, 0) is 17.1 Å². The first kappa shape index (κ1) is 26.3. The van der Waals surface area contributed by atoms with Gasteiger partial charge in [0.1, 0.15) is 6.54 Å². The second-order valence-electron chi connectivity index (χ2n) is 7.47. The van der Waals surface area contributed by atoms with Crippen LogP contribution in [0.3, 0.4) is 0 Å². The fourth-order valence-electron chi connectivity index (χ4n) is 2.90. The average molecular weight is 540 g/mol. The summed E-state index contributed by atoms with van der Waals surface area (Å²) >= 11 is 15.1. The van der Waals surface area contributed by atoms with Crippen LogP contribution in [0.2, 0.25) is 10.0 Å². The number of tetrazole rings is 1. The Morgan fingerprint density at radius 3 is 2.44 bits per heavy atom. The van der Waals surface area contributed by atoms with Gasteiger partial charge in [0.2, 0.25) is 5.16 Å². The van der Waals surface area contributed by atoms with E-state index in [-0.39, 0.29) is 17.6 Å². The number of amides is 1. The zero-order chi connectivity index (χ0) is 24.7. The largest absolute Gasteiger partial charge is 0.378 e. The molecule has 12 heteroatoms. The third-order valence-corrected chi connectivity index (χ3v) is 7.39. The highest BCUT2D eigenvalue weighted by Gasteiger charge is 2.21. The van der Waals surface area contributed by atoms with E-state index in [0.29, 0.717) is 32.3 Å². The van der Waals surface area contributed by atoms with Crippen LogP contribution in [0, 0.1) is 0 Å². The average Bonchev–Trinajstić information content (AvgIpc) is 3.25. The van der Waals surface area contributed by atoms with Crippen molar-refractivity contribution in [3.05, 3.63) is 58.1 Å². The van der Waals surface area contributed by atoms with Crippen molar-refractivity contribution < 1.29 is 9.59 Å². The molecule has 0 aliphatic rings. The highest BCUT2D eigenvalue weighted by atomic mass is 35.5. The Morgan fingerprint density at radius 2 is 1.82 bits per heavy atom. The number of Topliss-reactive ketones (excluding diaryl/α,β-unsaturated/α-hetero) is 1. The number of thioether (sulfide) groups is 1. The predicted octanol–water partition coefficient (Wildman–Crippen LogP) is 5.19. The van der Waals surface area contributed by atoms with Crippen molar-refractivity contribution in [2.24, 2.45) is 0 Å². The number of aromatic nitrogens is 4. The van der Waals surface area contributed by atoms with E-state index in [1.165, 1.54) is 16.6 Å². The molecule has 0 bridgehead atoms. The van der Waals surface area contributed by atoms with Gasteiger partial charge in [-0.1, -0.05) is 72.2 Å². The standard InChI is InChI=1S/C22H24Cl2N6O2S2/c1-4-18(25-22(32)33-13-14-8-6-5-7-9-14)19(31)12-30-27-21(26-28-30)34-20-16(23)10-15(29(2)3)11-17(20)24/h5-11,18H,4,12-13H2,1-3H3,(H,25,32). The number of ketones is 1. The Labute approximate surface area is 216 Å². The second-order valence-corrected chi connectivity index (χ2v) is 10.2. The molecule has 1 amide bonds. The summed E-state index contributed by atoms with van der Waals surface area (Å²) in [7, 11) is 3.79. The number of hydrogen-bond acceptors (Lipinski definition) is 8. The van der Waals surface area contributed by atoms with Gasteiger partial charge in [-0.15, -0.1) is 10.2 Å². The molecule has 1 atom stereocenters. The number of carbonyl (C=O) groups is 2. The van der Waals surface area contributed by atoms with Gasteiger partial charge in [0.15, 0.2) is 5.78 Å². The summed E-state index contributed by atoms with van der Waals surface area (Å²) < 4.78 is 0. The van der Waals surface area contributed by atoms with Gasteiger partial charge in [0.05, 0.1) is 21.0 Å². The molecule has 3 rings (SSSR count). The van der Waals surface area contributed by atoms with E-state index < -0.39 is 6.04 Å². The SMILES string of the molecule is CCC(NC(=O)SCc1ccccc1)C(=O)Cn1nnc(Sc2c(Cl)cc(N(C)C)cc2Cl)n1. The lowest BCUT2D eigenvalue weighted by molar-refractivity contribution is -0.121. The molecule has 3 aromatic rings. The summed E-state index contributed by atoms with van der Waals surface area (Å²) in [6.45, 7) is 1.72. The maximum Gasteiger partial charge on any atom is 0.279 e. The lowest BCUT2D eigenvalue weighted by atomic mass is 10.1. The first-order valence-electron chi connectivity index (χ1n) is 10.4. The molecule has 0 aliphatic heterocycles. The Kier molecular flexibility index (Phi) is 9.63. The molecule has 1 N–H and O–H groups in total. The molecule has 1 heterocycles. The van der Waals surface area contributed by atoms with Crippen LogP contribution in [0.15, 0.2) is 52.5 Å². The molecule has 0 radical (unpaired) electrons. The number of nitrogens with one attached hydrogen (secondary N) is 1. The smallest absolute Gasteiger partial charge is 0.279 e. The van der Waals surface area contributed by atoms with Crippen molar-refractivity contribution in [1.82, 2.24) is 25.5 Å². The topological polar surface area (TPSA) is 93.0 Å².